The molecule has 2 N–H and O–H groups in total. The van der Waals surface area contributed by atoms with E-state index < -0.39 is 10.0 Å². The first-order valence-corrected chi connectivity index (χ1v) is 9.85. The highest BCUT2D eigenvalue weighted by Gasteiger charge is 2.17. The van der Waals surface area contributed by atoms with E-state index >= 15 is 0 Å². The number of sulfonamides is 1. The molecule has 0 saturated heterocycles. The molecule has 3 aromatic carbocycles. The lowest BCUT2D eigenvalue weighted by molar-refractivity contribution is -0.114. The zero-order valence-corrected chi connectivity index (χ0v) is 16.0. The Balaban J connectivity index is 1.65. The Hall–Kier alpha value is -2.90. The molecule has 7 heteroatoms. The zero-order chi connectivity index (χ0) is 19.4. The third-order valence-corrected chi connectivity index (χ3v) is 5.91. The van der Waals surface area contributed by atoms with Gasteiger partial charge in [-0.1, -0.05) is 36.4 Å². The van der Waals surface area contributed by atoms with Gasteiger partial charge in [0.2, 0.25) is 15.9 Å². The maximum absolute atomic E-state index is 12.2. The van der Waals surface area contributed by atoms with Gasteiger partial charge in [-0.15, -0.1) is 0 Å². The molecule has 140 valence electrons. The molecule has 0 radical (unpaired) electrons. The number of carbonyl (C=O) groups excluding carboxylic acids is 1. The van der Waals surface area contributed by atoms with E-state index in [-0.39, 0.29) is 17.3 Å². The first-order valence-electron chi connectivity index (χ1n) is 8.41. The highest BCUT2D eigenvalue weighted by Crippen LogP contribution is 2.19. The van der Waals surface area contributed by atoms with Gasteiger partial charge in [-0.25, -0.2) is 12.7 Å². The minimum absolute atomic E-state index is 0.0724. The first-order chi connectivity index (χ1) is 12.9. The molecular formula is C20H21N3O3S. The van der Waals surface area contributed by atoms with Gasteiger partial charge in [-0.3, -0.25) is 4.79 Å². The normalized spacial score (nSPS) is 11.5. The van der Waals surface area contributed by atoms with Crippen LogP contribution in [0.1, 0.15) is 0 Å². The van der Waals surface area contributed by atoms with Crippen LogP contribution in [-0.2, 0) is 14.8 Å². The van der Waals surface area contributed by atoms with Crippen molar-refractivity contribution in [2.24, 2.45) is 0 Å². The van der Waals surface area contributed by atoms with Gasteiger partial charge in [0.1, 0.15) is 0 Å². The van der Waals surface area contributed by atoms with Crippen molar-refractivity contribution in [2.45, 2.75) is 4.90 Å². The van der Waals surface area contributed by atoms with Crippen LogP contribution in [0.4, 0.5) is 11.4 Å². The van der Waals surface area contributed by atoms with Crippen LogP contribution in [0.3, 0.4) is 0 Å². The van der Waals surface area contributed by atoms with Gasteiger partial charge >= 0.3 is 0 Å². The summed E-state index contributed by atoms with van der Waals surface area (Å²) in [5.74, 6) is -0.262. The molecule has 3 aromatic rings. The number of hydrogen-bond donors (Lipinski definition) is 2. The second-order valence-corrected chi connectivity index (χ2v) is 8.43. The summed E-state index contributed by atoms with van der Waals surface area (Å²) in [4.78, 5) is 12.3. The lowest BCUT2D eigenvalue weighted by atomic mass is 10.1. The van der Waals surface area contributed by atoms with Crippen molar-refractivity contribution in [1.82, 2.24) is 4.31 Å². The van der Waals surface area contributed by atoms with Crippen LogP contribution in [-0.4, -0.2) is 39.3 Å². The maximum atomic E-state index is 12.2. The molecule has 0 aliphatic heterocycles. The second kappa shape index (κ2) is 7.77. The summed E-state index contributed by atoms with van der Waals surface area (Å²) >= 11 is 0. The Morgan fingerprint density at radius 2 is 1.63 bits per heavy atom. The van der Waals surface area contributed by atoms with E-state index in [1.165, 1.54) is 26.2 Å². The molecule has 0 unspecified atom stereocenters. The Morgan fingerprint density at radius 1 is 0.889 bits per heavy atom. The summed E-state index contributed by atoms with van der Waals surface area (Å²) in [5.41, 5.74) is 1.27. The molecule has 0 aliphatic rings. The third-order valence-electron chi connectivity index (χ3n) is 4.10. The molecule has 0 aromatic heterocycles. The van der Waals surface area contributed by atoms with Gasteiger partial charge in [0.25, 0.3) is 0 Å². The van der Waals surface area contributed by atoms with Crippen molar-refractivity contribution in [1.29, 1.82) is 0 Å². The molecule has 1 amide bonds. The number of hydrogen-bond acceptors (Lipinski definition) is 4. The molecule has 27 heavy (non-hydrogen) atoms. The average Bonchev–Trinajstić information content (AvgIpc) is 2.66. The van der Waals surface area contributed by atoms with Gasteiger partial charge < -0.3 is 10.6 Å². The van der Waals surface area contributed by atoms with E-state index in [1.807, 2.05) is 42.5 Å². The molecule has 0 bridgehead atoms. The van der Waals surface area contributed by atoms with E-state index in [1.54, 1.807) is 12.1 Å². The lowest BCUT2D eigenvalue weighted by Crippen LogP contribution is -2.23. The SMILES string of the molecule is CN(C)S(=O)(=O)c1cccc(NC(=O)CNc2ccc3ccccc3c2)c1. The zero-order valence-electron chi connectivity index (χ0n) is 15.1. The molecule has 0 heterocycles. The van der Waals surface area contributed by atoms with Gasteiger partial charge in [-0.2, -0.15) is 0 Å². The number of fused-ring (bicyclic) bond motifs is 1. The van der Waals surface area contributed by atoms with Crippen molar-refractivity contribution in [3.8, 4) is 0 Å². The van der Waals surface area contributed by atoms with Crippen LogP contribution < -0.4 is 10.6 Å². The number of nitrogens with one attached hydrogen (secondary N) is 2. The van der Waals surface area contributed by atoms with Gasteiger partial charge in [0.05, 0.1) is 11.4 Å². The van der Waals surface area contributed by atoms with E-state index in [4.69, 9.17) is 0 Å². The largest absolute Gasteiger partial charge is 0.376 e. The van der Waals surface area contributed by atoms with Crippen LogP contribution in [0.15, 0.2) is 71.6 Å². The predicted molar refractivity (Wildman–Crippen MR) is 108 cm³/mol. The third kappa shape index (κ3) is 4.45. The number of anilines is 2. The minimum atomic E-state index is -3.54. The maximum Gasteiger partial charge on any atom is 0.243 e. The molecule has 3 rings (SSSR count). The predicted octanol–water partition coefficient (Wildman–Crippen LogP) is 3.14. The van der Waals surface area contributed by atoms with Gasteiger partial charge in [0, 0.05) is 25.5 Å². The van der Waals surface area contributed by atoms with Crippen molar-refractivity contribution >= 4 is 38.1 Å². The number of benzene rings is 3. The van der Waals surface area contributed by atoms with Crippen LogP contribution in [0.5, 0.6) is 0 Å². The number of rotatable bonds is 6. The summed E-state index contributed by atoms with van der Waals surface area (Å²) in [7, 11) is -0.612. The molecule has 0 atom stereocenters. The fraction of sp³-hybridized carbons (Fsp3) is 0.150. The van der Waals surface area contributed by atoms with Crippen molar-refractivity contribution in [2.75, 3.05) is 31.3 Å². The number of carbonyl (C=O) groups is 1. The van der Waals surface area contributed by atoms with E-state index in [0.29, 0.717) is 5.69 Å². The Kier molecular flexibility index (Phi) is 5.43. The van der Waals surface area contributed by atoms with Crippen molar-refractivity contribution in [3.05, 3.63) is 66.7 Å². The van der Waals surface area contributed by atoms with Crippen molar-refractivity contribution in [3.63, 3.8) is 0 Å². The lowest BCUT2D eigenvalue weighted by Gasteiger charge is -2.13. The highest BCUT2D eigenvalue weighted by molar-refractivity contribution is 7.89. The second-order valence-electron chi connectivity index (χ2n) is 6.28. The van der Waals surface area contributed by atoms with Gasteiger partial charge in [0.15, 0.2) is 0 Å². The summed E-state index contributed by atoms with van der Waals surface area (Å²) in [6, 6.07) is 20.1. The fourth-order valence-corrected chi connectivity index (χ4v) is 3.58. The first kappa shape index (κ1) is 18.9. The molecule has 0 spiro atoms. The highest BCUT2D eigenvalue weighted by atomic mass is 32.2. The van der Waals surface area contributed by atoms with E-state index in [9.17, 15) is 13.2 Å². The minimum Gasteiger partial charge on any atom is -0.376 e. The van der Waals surface area contributed by atoms with Crippen LogP contribution in [0, 0.1) is 0 Å². The summed E-state index contributed by atoms with van der Waals surface area (Å²) < 4.78 is 25.5. The summed E-state index contributed by atoms with van der Waals surface area (Å²) in [5, 5.41) is 8.02. The molecule has 0 saturated carbocycles. The monoisotopic (exact) mass is 383 g/mol. The van der Waals surface area contributed by atoms with Gasteiger partial charge in [-0.05, 0) is 41.1 Å². The van der Waals surface area contributed by atoms with E-state index in [0.717, 1.165) is 20.8 Å². The average molecular weight is 383 g/mol. The Morgan fingerprint density at radius 3 is 2.37 bits per heavy atom. The molecule has 6 nitrogen and oxygen atoms in total. The molecule has 0 fully saturated rings. The Labute approximate surface area is 158 Å². The van der Waals surface area contributed by atoms with E-state index in [2.05, 4.69) is 10.6 Å². The quantitative estimate of drug-likeness (QED) is 0.685. The van der Waals surface area contributed by atoms with Crippen LogP contribution >= 0.6 is 0 Å². The topological polar surface area (TPSA) is 78.5 Å². The number of nitrogens with zero attached hydrogens (tertiary/aromatic N) is 1. The fourth-order valence-electron chi connectivity index (χ4n) is 2.63. The van der Waals surface area contributed by atoms with Crippen molar-refractivity contribution < 1.29 is 13.2 Å². The van der Waals surface area contributed by atoms with Crippen LogP contribution in [0.25, 0.3) is 10.8 Å². The summed E-state index contributed by atoms with van der Waals surface area (Å²) in [6.45, 7) is 0.0724. The number of amides is 1. The molecule has 0 aliphatic carbocycles. The van der Waals surface area contributed by atoms with Crippen LogP contribution in [0.2, 0.25) is 0 Å². The molecular weight excluding hydrogens is 362 g/mol. The smallest absolute Gasteiger partial charge is 0.243 e. The summed E-state index contributed by atoms with van der Waals surface area (Å²) in [6.07, 6.45) is 0. The standard InChI is InChI=1S/C20H21N3O3S/c1-23(2)27(25,26)19-9-5-8-18(13-19)22-20(24)14-21-17-11-10-15-6-3-4-7-16(15)12-17/h3-13,21H,14H2,1-2H3,(H,22,24). The Bertz CT molecular complexity index is 1080.